The molecule has 4 atom stereocenters. The van der Waals surface area contributed by atoms with Gasteiger partial charge in [-0.3, -0.25) is 33.6 Å². The smallest absolute Gasteiger partial charge is 0.280 e. The van der Waals surface area contributed by atoms with E-state index in [2.05, 4.69) is 34.9 Å². The lowest BCUT2D eigenvalue weighted by Crippen LogP contribution is -2.30. The third-order valence-electron chi connectivity index (χ3n) is 7.30. The number of aliphatic hydroxyl groups is 2. The van der Waals surface area contributed by atoms with Gasteiger partial charge in [-0.25, -0.2) is 15.0 Å². The molecule has 0 bridgehead atoms. The largest absolute Gasteiger partial charge is 0.394 e. The number of aromatic nitrogens is 8. The minimum absolute atomic E-state index is 0.0146. The van der Waals surface area contributed by atoms with Crippen molar-refractivity contribution in [2.75, 3.05) is 61.4 Å². The summed E-state index contributed by atoms with van der Waals surface area (Å²) in [6.07, 6.45) is 6.49. The maximum atomic E-state index is 12.1. The Kier molecular flexibility index (Phi) is 12.7. The van der Waals surface area contributed by atoms with Gasteiger partial charge in [0.15, 0.2) is 22.3 Å². The number of nitrogens with zero attached hydrogens (tertiary/aromatic N) is 9. The Balaban J connectivity index is 0.000000180. The summed E-state index contributed by atoms with van der Waals surface area (Å²) in [5.74, 6) is 0.260. The number of aromatic amines is 2. The first-order chi connectivity index (χ1) is 23.0. The molecule has 4 aromatic heterocycles. The van der Waals surface area contributed by atoms with E-state index in [1.54, 1.807) is 34.6 Å². The third-order valence-corrected chi connectivity index (χ3v) is 7.30. The minimum atomic E-state index is -0.368. The number of aliphatic imine (C=N–C) groups is 1. The molecule has 0 aliphatic carbocycles. The first-order valence-electron chi connectivity index (χ1n) is 15.1. The van der Waals surface area contributed by atoms with E-state index in [-0.39, 0.29) is 78.3 Å². The second-order valence-corrected chi connectivity index (χ2v) is 11.4. The number of hydrogen-bond donors (Lipinski definition) is 5. The molecule has 4 aromatic rings. The molecular formula is C28H44N12O8. The Bertz CT molecular complexity index is 1760. The number of hydrogen-bond acceptors (Lipinski definition) is 15. The summed E-state index contributed by atoms with van der Waals surface area (Å²) in [5.41, 5.74) is 6.13. The predicted molar refractivity (Wildman–Crippen MR) is 175 cm³/mol. The summed E-state index contributed by atoms with van der Waals surface area (Å²) in [7, 11) is 10.6. The highest BCUT2D eigenvalue weighted by atomic mass is 16.7. The molecule has 6 heterocycles. The van der Waals surface area contributed by atoms with E-state index in [0.717, 1.165) is 25.7 Å². The van der Waals surface area contributed by atoms with Crippen molar-refractivity contribution in [2.45, 2.75) is 56.8 Å². The van der Waals surface area contributed by atoms with Crippen LogP contribution in [-0.4, -0.2) is 140 Å². The lowest BCUT2D eigenvalue weighted by atomic mass is 10.2. The van der Waals surface area contributed by atoms with Gasteiger partial charge in [0.2, 0.25) is 18.3 Å². The van der Waals surface area contributed by atoms with Gasteiger partial charge >= 0.3 is 0 Å². The summed E-state index contributed by atoms with van der Waals surface area (Å²) < 4.78 is 24.5. The summed E-state index contributed by atoms with van der Waals surface area (Å²) in [6, 6.07) is 0. The number of nitrogen functional groups attached to an aromatic ring is 1. The maximum Gasteiger partial charge on any atom is 0.280 e. The van der Waals surface area contributed by atoms with Crippen LogP contribution in [0.2, 0.25) is 0 Å². The SMILES string of the molecule is CN(C)C=Nc1nc2c(ncn2[C@H]2CC[C@@H](CO)O2)c(=O)[nH]1.COC(OC)N(C)C.Nc1nc2c(ncn2[C@H]2CC[C@@H](CO)O2)c(=O)[nH]1. The van der Waals surface area contributed by atoms with Crippen LogP contribution in [0.5, 0.6) is 0 Å². The number of nitrogens with one attached hydrogen (secondary N) is 2. The molecule has 0 amide bonds. The van der Waals surface area contributed by atoms with Crippen LogP contribution in [-0.2, 0) is 18.9 Å². The molecule has 0 unspecified atom stereocenters. The van der Waals surface area contributed by atoms with Crippen molar-refractivity contribution < 1.29 is 29.2 Å². The molecule has 2 saturated heterocycles. The number of fused-ring (bicyclic) bond motifs is 2. The van der Waals surface area contributed by atoms with E-state index in [0.29, 0.717) is 11.3 Å². The zero-order valence-electron chi connectivity index (χ0n) is 27.8. The van der Waals surface area contributed by atoms with E-state index in [1.165, 1.54) is 12.7 Å². The van der Waals surface area contributed by atoms with Crippen LogP contribution in [0.25, 0.3) is 22.3 Å². The topological polar surface area (TPSA) is 249 Å². The fourth-order valence-electron chi connectivity index (χ4n) is 5.08. The van der Waals surface area contributed by atoms with Crippen LogP contribution in [0.15, 0.2) is 27.2 Å². The van der Waals surface area contributed by atoms with Crippen molar-refractivity contribution in [1.29, 1.82) is 0 Å². The highest BCUT2D eigenvalue weighted by molar-refractivity contribution is 5.71. The van der Waals surface area contributed by atoms with E-state index in [1.807, 2.05) is 33.1 Å². The molecule has 0 spiro atoms. The van der Waals surface area contributed by atoms with Gasteiger partial charge in [0.25, 0.3) is 11.1 Å². The average Bonchev–Trinajstić information content (AvgIpc) is 3.86. The molecule has 264 valence electrons. The van der Waals surface area contributed by atoms with E-state index < -0.39 is 0 Å². The molecule has 0 aromatic carbocycles. The highest BCUT2D eigenvalue weighted by Crippen LogP contribution is 2.30. The van der Waals surface area contributed by atoms with Crippen molar-refractivity contribution in [2.24, 2.45) is 4.99 Å². The lowest BCUT2D eigenvalue weighted by molar-refractivity contribution is -0.179. The second-order valence-electron chi connectivity index (χ2n) is 11.4. The van der Waals surface area contributed by atoms with Crippen molar-refractivity contribution in [3.8, 4) is 0 Å². The molecular weight excluding hydrogens is 632 g/mol. The molecule has 2 aliphatic heterocycles. The fraction of sp³-hybridized carbons (Fsp3) is 0.607. The van der Waals surface area contributed by atoms with Crippen LogP contribution < -0.4 is 16.9 Å². The summed E-state index contributed by atoms with van der Waals surface area (Å²) >= 11 is 0. The van der Waals surface area contributed by atoms with Crippen molar-refractivity contribution >= 4 is 40.6 Å². The molecule has 2 fully saturated rings. The van der Waals surface area contributed by atoms with Gasteiger partial charge in [-0.1, -0.05) is 0 Å². The van der Waals surface area contributed by atoms with E-state index >= 15 is 0 Å². The first kappa shape index (κ1) is 36.5. The lowest BCUT2D eigenvalue weighted by Gasteiger charge is -2.19. The fourth-order valence-corrected chi connectivity index (χ4v) is 5.08. The second kappa shape index (κ2) is 16.7. The molecule has 6 N–H and O–H groups in total. The Labute approximate surface area is 275 Å². The molecule has 48 heavy (non-hydrogen) atoms. The molecule has 6 rings (SSSR count). The van der Waals surface area contributed by atoms with Gasteiger partial charge in [-0.15, -0.1) is 0 Å². The zero-order valence-corrected chi connectivity index (χ0v) is 27.8. The molecule has 20 heteroatoms. The number of aliphatic hydroxyl groups excluding tert-OH is 2. The number of ether oxygens (including phenoxy) is 4. The zero-order chi connectivity index (χ0) is 35.0. The van der Waals surface area contributed by atoms with Crippen LogP contribution in [0.3, 0.4) is 0 Å². The maximum absolute atomic E-state index is 12.1. The number of rotatable bonds is 9. The standard InChI is InChI=1S/C13H18N6O3.C10H13N5O3.C5H13NO2/c1-18(2)6-15-13-16-11-10(12(21)17-13)14-7-19(11)9-4-3-8(5-20)22-9;11-10-13-8-7(9(17)14-10)12-4-15(8)6-2-1-5(3-16)18-6;1-6(2)5(7-3)8-4/h6-9,20H,3-5H2,1-2H3,(H,16,17,21);4-6,16H,1-3H2,(H3,11,13,14,17);5H,1-4H3/t8-,9+;5-,6+;/m00./s1. The summed E-state index contributed by atoms with van der Waals surface area (Å²) in [4.78, 5) is 52.9. The summed E-state index contributed by atoms with van der Waals surface area (Å²) in [6.45, 7) is -0.0329. The van der Waals surface area contributed by atoms with Crippen LogP contribution in [0.4, 0.5) is 11.9 Å². The van der Waals surface area contributed by atoms with Gasteiger partial charge in [0, 0.05) is 28.3 Å². The van der Waals surface area contributed by atoms with E-state index in [9.17, 15) is 9.59 Å². The highest BCUT2D eigenvalue weighted by Gasteiger charge is 2.29. The average molecular weight is 677 g/mol. The van der Waals surface area contributed by atoms with E-state index in [4.69, 9.17) is 34.9 Å². The third kappa shape index (κ3) is 8.78. The number of H-pyrrole nitrogens is 2. The Morgan fingerprint density at radius 2 is 1.42 bits per heavy atom. The van der Waals surface area contributed by atoms with Crippen LogP contribution in [0.1, 0.15) is 38.1 Å². The van der Waals surface area contributed by atoms with Gasteiger partial charge in [0.05, 0.1) is 44.4 Å². The first-order valence-corrected chi connectivity index (χ1v) is 15.1. The Morgan fingerprint density at radius 3 is 1.83 bits per heavy atom. The number of methoxy groups -OCH3 is 2. The molecule has 0 radical (unpaired) electrons. The molecule has 20 nitrogen and oxygen atoms in total. The normalized spacial score (nSPS) is 20.9. The van der Waals surface area contributed by atoms with Gasteiger partial charge in [-0.05, 0) is 39.8 Å². The number of nitrogens with two attached hydrogens (primary N) is 1. The summed E-state index contributed by atoms with van der Waals surface area (Å²) in [5, 5.41) is 18.2. The molecule has 0 saturated carbocycles. The predicted octanol–water partition coefficient (Wildman–Crippen LogP) is -0.493. The minimum Gasteiger partial charge on any atom is -0.394 e. The number of imidazole rings is 2. The monoisotopic (exact) mass is 676 g/mol. The van der Waals surface area contributed by atoms with Gasteiger partial charge in [-0.2, -0.15) is 9.97 Å². The Hall–Kier alpha value is -4.31. The van der Waals surface area contributed by atoms with Crippen molar-refractivity contribution in [3.05, 3.63) is 33.4 Å². The Morgan fingerprint density at radius 1 is 0.917 bits per heavy atom. The van der Waals surface area contributed by atoms with Crippen LogP contribution in [0, 0.1) is 0 Å². The van der Waals surface area contributed by atoms with Crippen molar-refractivity contribution in [1.82, 2.24) is 48.8 Å². The number of anilines is 1. The van der Waals surface area contributed by atoms with Crippen molar-refractivity contribution in [3.63, 3.8) is 0 Å². The van der Waals surface area contributed by atoms with Crippen LogP contribution >= 0.6 is 0 Å². The van der Waals surface area contributed by atoms with Gasteiger partial charge in [0.1, 0.15) is 12.5 Å². The quantitative estimate of drug-likeness (QED) is 0.0852. The van der Waals surface area contributed by atoms with Gasteiger partial charge < -0.3 is 39.8 Å². The molecule has 2 aliphatic rings.